The van der Waals surface area contributed by atoms with Crippen LogP contribution in [0, 0.1) is 5.92 Å². The van der Waals surface area contributed by atoms with Crippen molar-refractivity contribution in [2.45, 2.75) is 19.5 Å². The summed E-state index contributed by atoms with van der Waals surface area (Å²) in [5.74, 6) is 0.0480. The lowest BCUT2D eigenvalue weighted by Gasteiger charge is -2.16. The molecule has 2 aromatic rings. The van der Waals surface area contributed by atoms with Crippen LogP contribution in [0.4, 0.5) is 10.5 Å². The molecule has 1 aromatic heterocycles. The summed E-state index contributed by atoms with van der Waals surface area (Å²) in [4.78, 5) is 30.5. The zero-order chi connectivity index (χ0) is 20.4. The first kappa shape index (κ1) is 19.4. The Morgan fingerprint density at radius 3 is 2.55 bits per heavy atom. The van der Waals surface area contributed by atoms with Gasteiger partial charge < -0.3 is 15.5 Å². The molecule has 8 nitrogen and oxygen atoms in total. The highest BCUT2D eigenvalue weighted by Crippen LogP contribution is 2.22. The van der Waals surface area contributed by atoms with E-state index in [1.165, 1.54) is 0 Å². The number of fused-ring (bicyclic) bond motifs is 1. The van der Waals surface area contributed by atoms with Gasteiger partial charge in [0, 0.05) is 43.3 Å². The van der Waals surface area contributed by atoms with Crippen LogP contribution in [-0.2, 0) is 22.9 Å². The minimum atomic E-state index is -2.95. The van der Waals surface area contributed by atoms with Crippen LogP contribution in [0.2, 0.25) is 0 Å². The van der Waals surface area contributed by atoms with Crippen molar-refractivity contribution in [1.29, 1.82) is 0 Å². The summed E-state index contributed by atoms with van der Waals surface area (Å²) in [6.45, 7) is 1.41. The van der Waals surface area contributed by atoms with E-state index >= 15 is 0 Å². The number of hydrogen-bond donors (Lipinski definition) is 2. The van der Waals surface area contributed by atoms with E-state index in [4.69, 9.17) is 0 Å². The third-order valence-corrected chi connectivity index (χ3v) is 7.13. The maximum atomic E-state index is 12.5. The first-order chi connectivity index (χ1) is 13.9. The van der Waals surface area contributed by atoms with E-state index in [1.807, 2.05) is 6.07 Å². The summed E-state index contributed by atoms with van der Waals surface area (Å²) in [6, 6.07) is 8.34. The van der Waals surface area contributed by atoms with Crippen LogP contribution in [0.1, 0.15) is 27.9 Å². The number of benzene rings is 1. The molecule has 0 radical (unpaired) electrons. The zero-order valence-corrected chi connectivity index (χ0v) is 16.6. The highest BCUT2D eigenvalue weighted by molar-refractivity contribution is 7.91. The van der Waals surface area contributed by atoms with Crippen molar-refractivity contribution in [3.63, 3.8) is 0 Å². The Kier molecular flexibility index (Phi) is 5.23. The Labute approximate surface area is 169 Å². The number of sulfone groups is 1. The minimum Gasteiger partial charge on any atom is -0.352 e. The molecule has 0 bridgehead atoms. The van der Waals surface area contributed by atoms with Crippen LogP contribution < -0.4 is 10.6 Å². The van der Waals surface area contributed by atoms with Gasteiger partial charge in [-0.25, -0.2) is 13.2 Å². The third kappa shape index (κ3) is 4.56. The van der Waals surface area contributed by atoms with Gasteiger partial charge in [0.25, 0.3) is 5.91 Å². The number of nitrogens with zero attached hydrogens (tertiary/aromatic N) is 2. The molecular weight excluding hydrogens is 392 g/mol. The van der Waals surface area contributed by atoms with Crippen LogP contribution in [0.25, 0.3) is 0 Å². The Morgan fingerprint density at radius 2 is 1.86 bits per heavy atom. The van der Waals surface area contributed by atoms with Crippen molar-refractivity contribution in [2.24, 2.45) is 5.92 Å². The summed E-state index contributed by atoms with van der Waals surface area (Å²) in [6.07, 6.45) is 4.08. The normalized spacial score (nSPS) is 19.6. The van der Waals surface area contributed by atoms with E-state index < -0.39 is 9.84 Å². The molecule has 2 N–H and O–H groups in total. The molecule has 1 unspecified atom stereocenters. The van der Waals surface area contributed by atoms with Crippen LogP contribution in [0.5, 0.6) is 0 Å². The van der Waals surface area contributed by atoms with E-state index in [-0.39, 0.29) is 29.4 Å². The molecule has 1 aromatic carbocycles. The number of hydrogen-bond acceptors (Lipinski definition) is 5. The molecule has 2 aliphatic rings. The van der Waals surface area contributed by atoms with Crippen molar-refractivity contribution < 1.29 is 18.0 Å². The molecule has 0 spiro atoms. The number of aromatic nitrogens is 1. The van der Waals surface area contributed by atoms with E-state index in [1.54, 1.807) is 41.6 Å². The Balaban J connectivity index is 1.29. The number of carbonyl (C=O) groups is 2. The predicted molar refractivity (Wildman–Crippen MR) is 108 cm³/mol. The van der Waals surface area contributed by atoms with Gasteiger partial charge in [-0.3, -0.25) is 9.78 Å². The molecule has 2 aliphatic heterocycles. The molecule has 0 saturated carbocycles. The first-order valence-electron chi connectivity index (χ1n) is 9.46. The van der Waals surface area contributed by atoms with Gasteiger partial charge in [0.15, 0.2) is 9.84 Å². The first-order valence-corrected chi connectivity index (χ1v) is 11.3. The summed E-state index contributed by atoms with van der Waals surface area (Å²) >= 11 is 0. The summed E-state index contributed by atoms with van der Waals surface area (Å²) in [5.41, 5.74) is 3.20. The number of carbonyl (C=O) groups excluding carboxylic acids is 2. The fraction of sp³-hybridized carbons (Fsp3) is 0.350. The van der Waals surface area contributed by atoms with Crippen molar-refractivity contribution in [1.82, 2.24) is 15.2 Å². The molecule has 3 heterocycles. The summed E-state index contributed by atoms with van der Waals surface area (Å²) < 4.78 is 23.0. The van der Waals surface area contributed by atoms with Gasteiger partial charge in [-0.1, -0.05) is 0 Å². The quantitative estimate of drug-likeness (QED) is 0.793. The van der Waals surface area contributed by atoms with Crippen LogP contribution in [0.3, 0.4) is 0 Å². The molecule has 0 aliphatic carbocycles. The maximum absolute atomic E-state index is 12.5. The van der Waals surface area contributed by atoms with Gasteiger partial charge >= 0.3 is 6.03 Å². The predicted octanol–water partition coefficient (Wildman–Crippen LogP) is 1.79. The van der Waals surface area contributed by atoms with Crippen LogP contribution in [-0.4, -0.2) is 48.3 Å². The van der Waals surface area contributed by atoms with Gasteiger partial charge in [0.05, 0.1) is 11.5 Å². The Hall–Kier alpha value is -2.94. The standard InChI is InChI=1S/C20H22N4O4S/c25-19(22-9-14-6-8-29(27,28)13-14)15-1-3-18(4-2-15)23-20(26)24-11-16-5-7-21-10-17(16)12-24/h1-5,7,10,14H,6,8-9,11-13H2,(H,22,25)(H,23,26). The number of urea groups is 1. The number of rotatable bonds is 4. The minimum absolute atomic E-state index is 0.0257. The second-order valence-electron chi connectivity index (χ2n) is 7.49. The zero-order valence-electron chi connectivity index (χ0n) is 15.8. The van der Waals surface area contributed by atoms with Gasteiger partial charge in [0.1, 0.15) is 0 Å². The van der Waals surface area contributed by atoms with Gasteiger partial charge in [0.2, 0.25) is 0 Å². The third-order valence-electron chi connectivity index (χ3n) is 5.29. The van der Waals surface area contributed by atoms with Crippen molar-refractivity contribution in [3.05, 3.63) is 59.4 Å². The van der Waals surface area contributed by atoms with Crippen molar-refractivity contribution in [3.8, 4) is 0 Å². The molecule has 1 atom stereocenters. The SMILES string of the molecule is O=C(NCC1CCS(=O)(=O)C1)c1ccc(NC(=O)N2Cc3ccncc3C2)cc1. The van der Waals surface area contributed by atoms with Gasteiger partial charge in [-0.15, -0.1) is 0 Å². The van der Waals surface area contributed by atoms with E-state index in [0.717, 1.165) is 11.1 Å². The monoisotopic (exact) mass is 414 g/mol. The second-order valence-corrected chi connectivity index (χ2v) is 9.72. The van der Waals surface area contributed by atoms with Gasteiger partial charge in [-0.05, 0) is 53.8 Å². The average Bonchev–Trinajstić information content (AvgIpc) is 3.29. The number of amides is 3. The highest BCUT2D eigenvalue weighted by atomic mass is 32.2. The second kappa shape index (κ2) is 7.82. The topological polar surface area (TPSA) is 108 Å². The molecule has 4 rings (SSSR count). The average molecular weight is 414 g/mol. The molecule has 152 valence electrons. The molecule has 1 fully saturated rings. The van der Waals surface area contributed by atoms with Gasteiger partial charge in [-0.2, -0.15) is 0 Å². The lowest BCUT2D eigenvalue weighted by Crippen LogP contribution is -2.30. The molecule has 3 amide bonds. The Morgan fingerprint density at radius 1 is 1.10 bits per heavy atom. The molecule has 9 heteroatoms. The Bertz CT molecular complexity index is 1010. The van der Waals surface area contributed by atoms with E-state index in [9.17, 15) is 18.0 Å². The summed E-state index contributed by atoms with van der Waals surface area (Å²) in [5, 5.41) is 5.63. The largest absolute Gasteiger partial charge is 0.352 e. The number of anilines is 1. The highest BCUT2D eigenvalue weighted by Gasteiger charge is 2.28. The molecule has 1 saturated heterocycles. The van der Waals surface area contributed by atoms with E-state index in [2.05, 4.69) is 15.6 Å². The molecule has 29 heavy (non-hydrogen) atoms. The smallest absolute Gasteiger partial charge is 0.322 e. The van der Waals surface area contributed by atoms with Crippen molar-refractivity contribution in [2.75, 3.05) is 23.4 Å². The number of nitrogens with one attached hydrogen (secondary N) is 2. The maximum Gasteiger partial charge on any atom is 0.322 e. The van der Waals surface area contributed by atoms with Crippen LogP contribution in [0.15, 0.2) is 42.7 Å². The van der Waals surface area contributed by atoms with Crippen molar-refractivity contribution >= 4 is 27.5 Å². The lowest BCUT2D eigenvalue weighted by molar-refractivity contribution is 0.0948. The van der Waals surface area contributed by atoms with Crippen LogP contribution >= 0.6 is 0 Å². The summed E-state index contributed by atoms with van der Waals surface area (Å²) in [7, 11) is -2.95. The lowest BCUT2D eigenvalue weighted by atomic mass is 10.1. The fourth-order valence-corrected chi connectivity index (χ4v) is 5.50. The fourth-order valence-electron chi connectivity index (χ4n) is 3.64. The molecular formula is C20H22N4O4S. The number of pyridine rings is 1. The van der Waals surface area contributed by atoms with E-state index in [0.29, 0.717) is 37.3 Å².